The van der Waals surface area contributed by atoms with Crippen molar-refractivity contribution in [2.45, 2.75) is 26.8 Å². The Morgan fingerprint density at radius 1 is 0.970 bits per heavy atom. The number of fused-ring (bicyclic) bond motifs is 2. The first-order chi connectivity index (χ1) is 16.0. The van der Waals surface area contributed by atoms with Crippen LogP contribution >= 0.6 is 12.2 Å². The number of nitrogens with one attached hydrogen (secondary N) is 2. The molecule has 164 valence electrons. The monoisotopic (exact) mass is 454 g/mol. The van der Waals surface area contributed by atoms with Gasteiger partial charge in [0, 0.05) is 51.9 Å². The first-order valence-electron chi connectivity index (χ1n) is 10.8. The number of H-pyrrole nitrogens is 1. The third-order valence-corrected chi connectivity index (χ3v) is 6.21. The number of carbonyl (C=O) groups excluding carboxylic acids is 2. The predicted octanol–water partition coefficient (Wildman–Crippen LogP) is 4.80. The van der Waals surface area contributed by atoms with Crippen LogP contribution in [-0.4, -0.2) is 33.1 Å². The summed E-state index contributed by atoms with van der Waals surface area (Å²) in [7, 11) is 0. The van der Waals surface area contributed by atoms with E-state index in [1.807, 2.05) is 44.4 Å². The Labute approximate surface area is 196 Å². The van der Waals surface area contributed by atoms with Crippen LogP contribution in [0.3, 0.4) is 0 Å². The topological polar surface area (TPSA) is 79.2 Å². The molecule has 4 aromatic rings. The molecule has 0 atom stereocenters. The number of benzene rings is 2. The zero-order chi connectivity index (χ0) is 23.1. The summed E-state index contributed by atoms with van der Waals surface area (Å²) in [6.07, 6.45) is 4.57. The number of amides is 2. The molecule has 1 aliphatic rings. The van der Waals surface area contributed by atoms with Crippen molar-refractivity contribution in [3.8, 4) is 0 Å². The molecule has 0 saturated carbocycles. The second-order valence-corrected chi connectivity index (χ2v) is 8.55. The lowest BCUT2D eigenvalue weighted by atomic mass is 9.95. The number of aromatic nitrogens is 2. The molecule has 0 aliphatic carbocycles. The first kappa shape index (κ1) is 21.1. The van der Waals surface area contributed by atoms with Gasteiger partial charge in [-0.25, -0.2) is 4.99 Å². The van der Waals surface area contributed by atoms with Crippen LogP contribution in [0.25, 0.3) is 33.0 Å². The molecule has 33 heavy (non-hydrogen) atoms. The normalized spacial score (nSPS) is 13.8. The summed E-state index contributed by atoms with van der Waals surface area (Å²) in [6.45, 7) is 5.33. The molecule has 0 saturated heterocycles. The molecule has 0 radical (unpaired) electrons. The molecule has 2 aromatic carbocycles. The number of aromatic amines is 1. The average molecular weight is 455 g/mol. The molecule has 0 unspecified atom stereocenters. The zero-order valence-corrected chi connectivity index (χ0v) is 19.2. The van der Waals surface area contributed by atoms with Crippen molar-refractivity contribution in [2.75, 3.05) is 6.54 Å². The molecule has 2 aromatic heterocycles. The molecule has 6 nitrogen and oxygen atoms in total. The van der Waals surface area contributed by atoms with E-state index in [9.17, 15) is 9.59 Å². The molecule has 2 N–H and O–H groups in total. The number of nitrogens with zero attached hydrogens (tertiary/aromatic N) is 2. The molecular formula is C26H22N4O2S. The van der Waals surface area contributed by atoms with E-state index in [4.69, 9.17) is 0 Å². The van der Waals surface area contributed by atoms with E-state index in [1.54, 1.807) is 0 Å². The minimum atomic E-state index is -0.374. The summed E-state index contributed by atoms with van der Waals surface area (Å²) in [5, 5.41) is 6.79. The Balaban J connectivity index is 1.74. The van der Waals surface area contributed by atoms with E-state index < -0.39 is 0 Å². The quantitative estimate of drug-likeness (QED) is 0.190. The van der Waals surface area contributed by atoms with E-state index in [2.05, 4.69) is 55.4 Å². The minimum absolute atomic E-state index is 0.372. The summed E-state index contributed by atoms with van der Waals surface area (Å²) in [6, 6.07) is 12.2. The smallest absolute Gasteiger partial charge is 0.259 e. The Morgan fingerprint density at radius 2 is 1.67 bits per heavy atom. The summed E-state index contributed by atoms with van der Waals surface area (Å²) < 4.78 is 2.11. The van der Waals surface area contributed by atoms with Crippen LogP contribution in [0.4, 0.5) is 0 Å². The maximum atomic E-state index is 13.1. The van der Waals surface area contributed by atoms with Gasteiger partial charge >= 0.3 is 0 Å². The van der Waals surface area contributed by atoms with Gasteiger partial charge in [-0.15, -0.1) is 0 Å². The van der Waals surface area contributed by atoms with Crippen molar-refractivity contribution in [1.82, 2.24) is 14.9 Å². The molecule has 3 heterocycles. The molecular weight excluding hydrogens is 432 g/mol. The highest BCUT2D eigenvalue weighted by Crippen LogP contribution is 2.38. The van der Waals surface area contributed by atoms with Crippen LogP contribution in [0.2, 0.25) is 0 Å². The van der Waals surface area contributed by atoms with Gasteiger partial charge in [-0.3, -0.25) is 14.9 Å². The maximum absolute atomic E-state index is 13.1. The van der Waals surface area contributed by atoms with Crippen molar-refractivity contribution in [1.29, 1.82) is 0 Å². The van der Waals surface area contributed by atoms with Gasteiger partial charge in [0.25, 0.3) is 11.8 Å². The van der Waals surface area contributed by atoms with Gasteiger partial charge in [0.1, 0.15) is 0 Å². The Morgan fingerprint density at radius 3 is 2.42 bits per heavy atom. The summed E-state index contributed by atoms with van der Waals surface area (Å²) in [5.41, 5.74) is 6.41. The summed E-state index contributed by atoms with van der Waals surface area (Å²) >= 11 is 4.66. The summed E-state index contributed by atoms with van der Waals surface area (Å²) in [5.74, 6) is -0.746. The van der Waals surface area contributed by atoms with Crippen LogP contribution in [0.15, 0.2) is 53.8 Å². The van der Waals surface area contributed by atoms with Gasteiger partial charge in [-0.1, -0.05) is 23.3 Å². The molecule has 2 amide bonds. The minimum Gasteiger partial charge on any atom is -0.361 e. The molecule has 7 heteroatoms. The fourth-order valence-electron chi connectivity index (χ4n) is 4.57. The lowest BCUT2D eigenvalue weighted by Gasteiger charge is -2.04. The van der Waals surface area contributed by atoms with Crippen molar-refractivity contribution in [3.63, 3.8) is 0 Å². The number of aliphatic imine (C=N–C) groups is 1. The second-order valence-electron chi connectivity index (χ2n) is 8.37. The fraction of sp³-hybridized carbons (Fsp3) is 0.192. The van der Waals surface area contributed by atoms with Gasteiger partial charge < -0.3 is 9.55 Å². The first-order valence-corrected chi connectivity index (χ1v) is 11.2. The molecule has 0 fully saturated rings. The SMILES string of the molecule is Cc1ccc2[nH]cc(C3=C(c4cn(CCCN=C=S)c5ccc(C)cc45)C(=O)NC3=O)c2c1. The van der Waals surface area contributed by atoms with Crippen molar-refractivity contribution in [2.24, 2.45) is 4.99 Å². The Bertz CT molecular complexity index is 1530. The van der Waals surface area contributed by atoms with E-state index in [-0.39, 0.29) is 11.8 Å². The van der Waals surface area contributed by atoms with Crippen LogP contribution in [0.1, 0.15) is 28.7 Å². The number of hydrogen-bond donors (Lipinski definition) is 2. The molecule has 0 spiro atoms. The number of imide groups is 1. The maximum Gasteiger partial charge on any atom is 0.259 e. The third-order valence-electron chi connectivity index (χ3n) is 6.08. The van der Waals surface area contributed by atoms with E-state index in [1.165, 1.54) is 0 Å². The fourth-order valence-corrected chi connectivity index (χ4v) is 4.66. The molecule has 0 bridgehead atoms. The van der Waals surface area contributed by atoms with Crippen molar-refractivity contribution < 1.29 is 9.59 Å². The second kappa shape index (κ2) is 8.28. The highest BCUT2D eigenvalue weighted by Gasteiger charge is 2.35. The third kappa shape index (κ3) is 3.61. The number of isothiocyanates is 1. The predicted molar refractivity (Wildman–Crippen MR) is 134 cm³/mol. The van der Waals surface area contributed by atoms with E-state index in [0.29, 0.717) is 24.2 Å². The number of carbonyl (C=O) groups is 2. The summed E-state index contributed by atoms with van der Waals surface area (Å²) in [4.78, 5) is 33.3. The molecule has 5 rings (SSSR count). The van der Waals surface area contributed by atoms with Crippen LogP contribution in [0.5, 0.6) is 0 Å². The lowest BCUT2D eigenvalue weighted by molar-refractivity contribution is -0.122. The van der Waals surface area contributed by atoms with E-state index >= 15 is 0 Å². The standard InChI is InChI=1S/C26H22N4O2S/c1-15-4-6-21-17(10-15)19(12-28-21)23-24(26(32)29-25(23)31)20-13-30(9-3-8-27-14-33)22-7-5-16(2)11-18(20)22/h4-7,10-13,28H,3,8-9H2,1-2H3,(H,29,31,32). The Hall–Kier alpha value is -3.80. The number of thiocarbonyl (C=S) groups is 1. The highest BCUT2D eigenvalue weighted by molar-refractivity contribution is 7.78. The zero-order valence-electron chi connectivity index (χ0n) is 18.4. The largest absolute Gasteiger partial charge is 0.361 e. The number of aryl methyl sites for hydroxylation is 3. The Kier molecular flexibility index (Phi) is 5.29. The number of rotatable bonds is 6. The lowest BCUT2D eigenvalue weighted by Crippen LogP contribution is -2.22. The number of hydrogen-bond acceptors (Lipinski definition) is 4. The average Bonchev–Trinajstić information content (AvgIpc) is 3.43. The van der Waals surface area contributed by atoms with Gasteiger partial charge in [-0.05, 0) is 56.8 Å². The highest BCUT2D eigenvalue weighted by atomic mass is 32.1. The van der Waals surface area contributed by atoms with Gasteiger partial charge in [0.15, 0.2) is 0 Å². The van der Waals surface area contributed by atoms with Gasteiger partial charge in [0.2, 0.25) is 0 Å². The van der Waals surface area contributed by atoms with Crippen LogP contribution in [-0.2, 0) is 16.1 Å². The molecule has 1 aliphatic heterocycles. The van der Waals surface area contributed by atoms with Crippen molar-refractivity contribution >= 4 is 62.1 Å². The van der Waals surface area contributed by atoms with Gasteiger partial charge in [0.05, 0.1) is 22.9 Å². The van der Waals surface area contributed by atoms with Gasteiger partial charge in [-0.2, -0.15) is 0 Å². The van der Waals surface area contributed by atoms with Crippen LogP contribution in [0, 0.1) is 13.8 Å². The van der Waals surface area contributed by atoms with Crippen molar-refractivity contribution in [3.05, 3.63) is 71.0 Å². The van der Waals surface area contributed by atoms with Crippen LogP contribution < -0.4 is 5.32 Å². The van der Waals surface area contributed by atoms with E-state index in [0.717, 1.165) is 50.5 Å².